The van der Waals surface area contributed by atoms with Crippen LogP contribution in [0.4, 0.5) is 0 Å². The Morgan fingerprint density at radius 3 is 2.34 bits per heavy atom. The largest absolute Gasteiger partial charge is 0.392 e. The van der Waals surface area contributed by atoms with Crippen molar-refractivity contribution in [3.8, 4) is 0 Å². The Balaban J connectivity index is 1.68. The first-order valence-corrected chi connectivity index (χ1v) is 13.6. The van der Waals surface area contributed by atoms with Gasteiger partial charge in [-0.15, -0.1) is 0 Å². The maximum atomic E-state index is 12.9. The molecule has 0 aromatic rings. The summed E-state index contributed by atoms with van der Waals surface area (Å²) in [5.74, 6) is 0.738. The van der Waals surface area contributed by atoms with Crippen molar-refractivity contribution in [2.45, 2.75) is 118 Å². The smallest absolute Gasteiger partial charge is 0.138 e. The van der Waals surface area contributed by atoms with E-state index < -0.39 is 23.9 Å². The van der Waals surface area contributed by atoms with Gasteiger partial charge in [-0.2, -0.15) is 0 Å². The maximum absolute atomic E-state index is 12.9. The van der Waals surface area contributed by atoms with Gasteiger partial charge in [-0.1, -0.05) is 59.3 Å². The number of allylic oxidation sites excluding steroid dienone is 3. The molecular weight excluding hydrogens is 440 g/mol. The Morgan fingerprint density at radius 2 is 1.74 bits per heavy atom. The topological polar surface area (TPSA) is 98.0 Å². The van der Waals surface area contributed by atoms with Gasteiger partial charge in [-0.05, 0) is 80.1 Å². The molecule has 4 aliphatic rings. The summed E-state index contributed by atoms with van der Waals surface area (Å²) in [6, 6.07) is 0. The van der Waals surface area contributed by atoms with Gasteiger partial charge in [0.25, 0.3) is 0 Å². The van der Waals surface area contributed by atoms with Crippen LogP contribution < -0.4 is 0 Å². The van der Waals surface area contributed by atoms with Gasteiger partial charge in [0.15, 0.2) is 0 Å². The molecule has 198 valence electrons. The molecule has 0 saturated heterocycles. The minimum absolute atomic E-state index is 0.0133. The van der Waals surface area contributed by atoms with E-state index in [9.17, 15) is 25.2 Å². The first-order valence-electron chi connectivity index (χ1n) is 13.6. The molecule has 35 heavy (non-hydrogen) atoms. The van der Waals surface area contributed by atoms with Gasteiger partial charge in [-0.25, -0.2) is 0 Å². The second-order valence-corrected chi connectivity index (χ2v) is 14.2. The Kier molecular flexibility index (Phi) is 6.37. The molecule has 0 bridgehead atoms. The summed E-state index contributed by atoms with van der Waals surface area (Å²) >= 11 is 0. The number of hydrogen-bond acceptors (Lipinski definition) is 5. The number of aliphatic hydroxyl groups is 4. The van der Waals surface area contributed by atoms with Crippen LogP contribution in [0.5, 0.6) is 0 Å². The molecule has 0 aromatic carbocycles. The average Bonchev–Trinajstić information content (AvgIpc) is 3.07. The third-order valence-electron chi connectivity index (χ3n) is 11.4. The number of carbonyl (C=O) groups excluding carboxylic acids is 1. The maximum Gasteiger partial charge on any atom is 0.138 e. The molecule has 3 fully saturated rings. The quantitative estimate of drug-likeness (QED) is 0.454. The van der Waals surface area contributed by atoms with E-state index in [-0.39, 0.29) is 39.4 Å². The van der Waals surface area contributed by atoms with Crippen molar-refractivity contribution >= 4 is 5.78 Å². The molecule has 0 aliphatic heterocycles. The van der Waals surface area contributed by atoms with Crippen molar-refractivity contribution < 1.29 is 25.2 Å². The molecule has 9 atom stereocenters. The van der Waals surface area contributed by atoms with Gasteiger partial charge >= 0.3 is 0 Å². The third-order valence-corrected chi connectivity index (χ3v) is 11.4. The van der Waals surface area contributed by atoms with Gasteiger partial charge in [0.2, 0.25) is 0 Å². The fourth-order valence-corrected chi connectivity index (χ4v) is 9.24. The van der Waals surface area contributed by atoms with E-state index in [1.165, 1.54) is 19.4 Å². The van der Waals surface area contributed by atoms with Crippen LogP contribution in [-0.2, 0) is 4.79 Å². The lowest BCUT2D eigenvalue weighted by molar-refractivity contribution is -0.201. The standard InChI is InChI=1S/C30H48O5/c1-17(15-21(32)25(34)27(4,5)35)18-9-13-29(7)19(18)16-20(31)24-28(6)12-11-23(33)26(2,3)22(28)10-14-30(24,29)8/h9,13,17,20-22,24-25,31-32,34-35H,10-12,14-16H2,1-8H3/t17-,20+,21+,22+,24+,25-,28+,29+,30+/m1/s1. The van der Waals surface area contributed by atoms with Gasteiger partial charge in [-0.3, -0.25) is 4.79 Å². The van der Waals surface area contributed by atoms with E-state index in [0.29, 0.717) is 25.0 Å². The van der Waals surface area contributed by atoms with E-state index in [1.807, 2.05) is 0 Å². The van der Waals surface area contributed by atoms with Gasteiger partial charge in [0.05, 0.1) is 17.8 Å². The van der Waals surface area contributed by atoms with Crippen molar-refractivity contribution in [3.05, 3.63) is 23.3 Å². The Bertz CT molecular complexity index is 941. The summed E-state index contributed by atoms with van der Waals surface area (Å²) in [4.78, 5) is 12.9. The van der Waals surface area contributed by atoms with Crippen LogP contribution in [0.2, 0.25) is 0 Å². The molecule has 0 radical (unpaired) electrons. The van der Waals surface area contributed by atoms with Crippen molar-refractivity contribution in [1.82, 2.24) is 0 Å². The number of Topliss-reactive ketones (excluding diaryl/α,β-unsaturated/α-hetero) is 1. The summed E-state index contributed by atoms with van der Waals surface area (Å²) in [6.07, 6.45) is 6.13. The molecular formula is C30H48O5. The molecule has 4 N–H and O–H groups in total. The molecule has 0 amide bonds. The molecule has 5 nitrogen and oxygen atoms in total. The number of hydrogen-bond donors (Lipinski definition) is 4. The van der Waals surface area contributed by atoms with Gasteiger partial charge in [0.1, 0.15) is 11.9 Å². The number of fused-ring (bicyclic) bond motifs is 5. The Hall–Kier alpha value is -1.01. The summed E-state index contributed by atoms with van der Waals surface area (Å²) in [5, 5.41) is 42.9. The zero-order valence-corrected chi connectivity index (χ0v) is 23.1. The predicted molar refractivity (Wildman–Crippen MR) is 137 cm³/mol. The fraction of sp³-hybridized carbons (Fsp3) is 0.833. The third kappa shape index (κ3) is 3.74. The monoisotopic (exact) mass is 488 g/mol. The lowest BCUT2D eigenvalue weighted by atomic mass is 9.36. The highest BCUT2D eigenvalue weighted by Crippen LogP contribution is 2.73. The lowest BCUT2D eigenvalue weighted by Gasteiger charge is -2.68. The second kappa shape index (κ2) is 8.24. The molecule has 0 spiro atoms. The van der Waals surface area contributed by atoms with E-state index in [1.54, 1.807) is 0 Å². The SMILES string of the molecule is C[C@H](C[C@H](O)[C@@H](O)C(C)(C)O)C1=C2C[C@H](O)[C@H]3[C@@]4(C)CCC(=O)C(C)(C)[C@@H]4CC[C@]3(C)[C@@]2(C)C=C1. The van der Waals surface area contributed by atoms with Crippen LogP contribution in [0.25, 0.3) is 0 Å². The summed E-state index contributed by atoms with van der Waals surface area (Å²) in [7, 11) is 0. The van der Waals surface area contributed by atoms with Crippen LogP contribution in [0.15, 0.2) is 23.3 Å². The summed E-state index contributed by atoms with van der Waals surface area (Å²) in [6.45, 7) is 16.3. The molecule has 3 saturated carbocycles. The van der Waals surface area contributed by atoms with E-state index in [2.05, 4.69) is 53.7 Å². The molecule has 0 unspecified atom stereocenters. The van der Waals surface area contributed by atoms with E-state index in [4.69, 9.17) is 0 Å². The van der Waals surface area contributed by atoms with Crippen LogP contribution in [0, 0.1) is 39.4 Å². The second-order valence-electron chi connectivity index (χ2n) is 14.2. The molecule has 5 heteroatoms. The first-order chi connectivity index (χ1) is 15.9. The minimum Gasteiger partial charge on any atom is -0.392 e. The van der Waals surface area contributed by atoms with Gasteiger partial charge in [0, 0.05) is 17.3 Å². The Morgan fingerprint density at radius 1 is 1.11 bits per heavy atom. The summed E-state index contributed by atoms with van der Waals surface area (Å²) < 4.78 is 0. The van der Waals surface area contributed by atoms with Crippen LogP contribution in [0.3, 0.4) is 0 Å². The number of carbonyl (C=O) groups is 1. The van der Waals surface area contributed by atoms with Crippen molar-refractivity contribution in [3.63, 3.8) is 0 Å². The van der Waals surface area contributed by atoms with Crippen molar-refractivity contribution in [2.75, 3.05) is 0 Å². The Labute approximate surface area is 211 Å². The van der Waals surface area contributed by atoms with Crippen LogP contribution in [-0.4, -0.2) is 50.1 Å². The molecule has 4 aliphatic carbocycles. The molecule has 4 rings (SSSR count). The van der Waals surface area contributed by atoms with E-state index >= 15 is 0 Å². The fourth-order valence-electron chi connectivity index (χ4n) is 9.24. The van der Waals surface area contributed by atoms with Crippen LogP contribution in [0.1, 0.15) is 93.9 Å². The van der Waals surface area contributed by atoms with Crippen LogP contribution >= 0.6 is 0 Å². The average molecular weight is 489 g/mol. The number of rotatable bonds is 5. The van der Waals surface area contributed by atoms with Crippen molar-refractivity contribution in [1.29, 1.82) is 0 Å². The van der Waals surface area contributed by atoms with Gasteiger partial charge < -0.3 is 20.4 Å². The zero-order chi connectivity index (χ0) is 26.4. The highest BCUT2D eigenvalue weighted by molar-refractivity contribution is 5.85. The molecule has 0 aromatic heterocycles. The van der Waals surface area contributed by atoms with Crippen molar-refractivity contribution in [2.24, 2.45) is 39.4 Å². The number of ketones is 1. The first kappa shape index (κ1) is 27.0. The highest BCUT2D eigenvalue weighted by Gasteiger charge is 2.68. The normalized spacial score (nSPS) is 43.3. The number of aliphatic hydroxyl groups excluding tert-OH is 3. The zero-order valence-electron chi connectivity index (χ0n) is 23.1. The van der Waals surface area contributed by atoms with E-state index in [0.717, 1.165) is 24.8 Å². The molecule has 0 heterocycles. The lowest BCUT2D eigenvalue weighted by Crippen LogP contribution is -2.65. The highest BCUT2D eigenvalue weighted by atomic mass is 16.4. The summed E-state index contributed by atoms with van der Waals surface area (Å²) in [5.41, 5.74) is 0.266. The minimum atomic E-state index is -1.37. The predicted octanol–water partition coefficient (Wildman–Crippen LogP) is 4.57.